The summed E-state index contributed by atoms with van der Waals surface area (Å²) in [5, 5.41) is 7.50. The van der Waals surface area contributed by atoms with Gasteiger partial charge in [0.1, 0.15) is 16.5 Å². The van der Waals surface area contributed by atoms with Gasteiger partial charge in [-0.3, -0.25) is 4.79 Å². The number of methoxy groups -OCH3 is 1. The number of rotatable bonds is 8. The van der Waals surface area contributed by atoms with E-state index in [4.69, 9.17) is 21.1 Å². The molecule has 0 spiro atoms. The molecule has 0 atom stereocenters. The van der Waals surface area contributed by atoms with Crippen LogP contribution in [0.5, 0.6) is 17.4 Å². The first-order chi connectivity index (χ1) is 15.6. The largest absolute Gasteiger partial charge is 0.497 e. The Balaban J connectivity index is 1.42. The van der Waals surface area contributed by atoms with Crippen molar-refractivity contribution >= 4 is 17.3 Å². The molecule has 32 heavy (non-hydrogen) atoms. The van der Waals surface area contributed by atoms with Crippen molar-refractivity contribution in [3.8, 4) is 17.4 Å². The standard InChI is InChI=1S/C24H21ClN4O3/c1-31-19-7-9-20(10-8-19)32-22-13-18(11-12-26-22)14-27-21-15-28-29(24(30)23(21)25)16-17-5-3-2-4-6-17/h2-13,15,27H,14,16H2,1H3. The van der Waals surface area contributed by atoms with Gasteiger partial charge in [-0.1, -0.05) is 41.9 Å². The molecule has 0 aliphatic rings. The van der Waals surface area contributed by atoms with Gasteiger partial charge in [-0.15, -0.1) is 0 Å². The molecule has 4 rings (SSSR count). The molecule has 0 radical (unpaired) electrons. The van der Waals surface area contributed by atoms with E-state index in [0.717, 1.165) is 16.9 Å². The number of pyridine rings is 1. The zero-order valence-corrected chi connectivity index (χ0v) is 18.1. The van der Waals surface area contributed by atoms with Crippen LogP contribution in [-0.4, -0.2) is 21.9 Å². The normalized spacial score (nSPS) is 10.6. The summed E-state index contributed by atoms with van der Waals surface area (Å²) in [5.74, 6) is 1.86. The maximum atomic E-state index is 12.6. The number of ether oxygens (including phenoxy) is 2. The van der Waals surface area contributed by atoms with E-state index >= 15 is 0 Å². The molecule has 2 aromatic heterocycles. The third kappa shape index (κ3) is 5.25. The Kier molecular flexibility index (Phi) is 6.67. The van der Waals surface area contributed by atoms with Gasteiger partial charge in [0, 0.05) is 18.8 Å². The molecule has 2 aromatic carbocycles. The molecule has 0 amide bonds. The summed E-state index contributed by atoms with van der Waals surface area (Å²) in [6.45, 7) is 0.779. The first-order valence-electron chi connectivity index (χ1n) is 9.92. The highest BCUT2D eigenvalue weighted by Gasteiger charge is 2.10. The Bertz CT molecular complexity index is 1240. The van der Waals surface area contributed by atoms with Crippen LogP contribution in [-0.2, 0) is 13.1 Å². The van der Waals surface area contributed by atoms with Crippen LogP contribution >= 0.6 is 11.6 Å². The van der Waals surface area contributed by atoms with Gasteiger partial charge in [0.2, 0.25) is 5.88 Å². The lowest BCUT2D eigenvalue weighted by molar-refractivity contribution is 0.412. The number of hydrogen-bond acceptors (Lipinski definition) is 6. The van der Waals surface area contributed by atoms with Crippen LogP contribution < -0.4 is 20.3 Å². The average Bonchev–Trinajstić information content (AvgIpc) is 2.83. The number of nitrogens with one attached hydrogen (secondary N) is 1. The Labute approximate surface area is 190 Å². The van der Waals surface area contributed by atoms with Crippen molar-refractivity contribution in [3.05, 3.63) is 106 Å². The van der Waals surface area contributed by atoms with E-state index in [-0.39, 0.29) is 10.6 Å². The average molecular weight is 449 g/mol. The Morgan fingerprint density at radius 3 is 2.50 bits per heavy atom. The maximum absolute atomic E-state index is 12.6. The number of nitrogens with zero attached hydrogens (tertiary/aromatic N) is 3. The fourth-order valence-corrected chi connectivity index (χ4v) is 3.25. The summed E-state index contributed by atoms with van der Waals surface area (Å²) in [4.78, 5) is 16.8. The van der Waals surface area contributed by atoms with Crippen molar-refractivity contribution in [3.63, 3.8) is 0 Å². The molecule has 162 valence electrons. The summed E-state index contributed by atoms with van der Waals surface area (Å²) in [6.07, 6.45) is 3.22. The van der Waals surface area contributed by atoms with Crippen LogP contribution in [0, 0.1) is 0 Å². The summed E-state index contributed by atoms with van der Waals surface area (Å²) in [7, 11) is 1.61. The topological polar surface area (TPSA) is 78.3 Å². The smallest absolute Gasteiger partial charge is 0.287 e. The lowest BCUT2D eigenvalue weighted by atomic mass is 10.2. The van der Waals surface area contributed by atoms with Crippen molar-refractivity contribution < 1.29 is 9.47 Å². The Hall–Kier alpha value is -3.84. The predicted octanol–water partition coefficient (Wildman–Crippen LogP) is 4.75. The summed E-state index contributed by atoms with van der Waals surface area (Å²) >= 11 is 6.31. The molecule has 1 N–H and O–H groups in total. The highest BCUT2D eigenvalue weighted by atomic mass is 35.5. The minimum atomic E-state index is -0.348. The summed E-state index contributed by atoms with van der Waals surface area (Å²) in [5.41, 5.74) is 2.00. The van der Waals surface area contributed by atoms with E-state index in [1.54, 1.807) is 31.6 Å². The number of benzene rings is 2. The minimum absolute atomic E-state index is 0.0969. The zero-order valence-electron chi connectivity index (χ0n) is 17.4. The molecule has 7 nitrogen and oxygen atoms in total. The van der Waals surface area contributed by atoms with E-state index in [1.807, 2.05) is 54.6 Å². The molecule has 0 fully saturated rings. The van der Waals surface area contributed by atoms with E-state index in [0.29, 0.717) is 30.4 Å². The summed E-state index contributed by atoms with van der Waals surface area (Å²) < 4.78 is 12.3. The van der Waals surface area contributed by atoms with Gasteiger partial charge >= 0.3 is 0 Å². The monoisotopic (exact) mass is 448 g/mol. The second-order valence-electron chi connectivity index (χ2n) is 6.95. The van der Waals surface area contributed by atoms with Crippen molar-refractivity contribution in [2.45, 2.75) is 13.1 Å². The van der Waals surface area contributed by atoms with Crippen LogP contribution in [0.1, 0.15) is 11.1 Å². The van der Waals surface area contributed by atoms with Crippen LogP contribution in [0.15, 0.2) is 83.9 Å². The van der Waals surface area contributed by atoms with E-state index in [1.165, 1.54) is 4.68 Å². The predicted molar refractivity (Wildman–Crippen MR) is 124 cm³/mol. The molecule has 2 heterocycles. The quantitative estimate of drug-likeness (QED) is 0.419. The second kappa shape index (κ2) is 9.98. The fraction of sp³-hybridized carbons (Fsp3) is 0.125. The summed E-state index contributed by atoms with van der Waals surface area (Å²) in [6, 6.07) is 20.5. The van der Waals surface area contributed by atoms with Gasteiger partial charge in [0.05, 0.1) is 25.5 Å². The van der Waals surface area contributed by atoms with Crippen LogP contribution in [0.2, 0.25) is 5.02 Å². The van der Waals surface area contributed by atoms with E-state index in [9.17, 15) is 4.79 Å². The highest BCUT2D eigenvalue weighted by Crippen LogP contribution is 2.23. The molecule has 0 bridgehead atoms. The SMILES string of the molecule is COc1ccc(Oc2cc(CNc3cnn(Cc4ccccc4)c(=O)c3Cl)ccn2)cc1. The maximum Gasteiger partial charge on any atom is 0.287 e. The number of anilines is 1. The van der Waals surface area contributed by atoms with Gasteiger partial charge in [-0.25, -0.2) is 9.67 Å². The van der Waals surface area contributed by atoms with E-state index in [2.05, 4.69) is 15.4 Å². The van der Waals surface area contributed by atoms with Crippen molar-refractivity contribution in [2.75, 3.05) is 12.4 Å². The molecular formula is C24H21ClN4O3. The fourth-order valence-electron chi connectivity index (χ4n) is 3.04. The Morgan fingerprint density at radius 2 is 1.75 bits per heavy atom. The van der Waals surface area contributed by atoms with Gasteiger partial charge in [0.25, 0.3) is 5.56 Å². The van der Waals surface area contributed by atoms with Crippen LogP contribution in [0.4, 0.5) is 5.69 Å². The number of halogens is 1. The second-order valence-corrected chi connectivity index (χ2v) is 7.33. The highest BCUT2D eigenvalue weighted by molar-refractivity contribution is 6.32. The molecule has 0 aliphatic carbocycles. The molecule has 0 aliphatic heterocycles. The van der Waals surface area contributed by atoms with Gasteiger partial charge < -0.3 is 14.8 Å². The first kappa shape index (κ1) is 21.4. The van der Waals surface area contributed by atoms with Crippen molar-refractivity contribution in [1.29, 1.82) is 0 Å². The van der Waals surface area contributed by atoms with Gasteiger partial charge in [-0.05, 0) is 41.5 Å². The molecule has 0 unspecified atom stereocenters. The third-order valence-electron chi connectivity index (χ3n) is 4.72. The Morgan fingerprint density at radius 1 is 1.00 bits per heavy atom. The molecular weight excluding hydrogens is 428 g/mol. The third-order valence-corrected chi connectivity index (χ3v) is 5.09. The molecule has 8 heteroatoms. The van der Waals surface area contributed by atoms with Gasteiger partial charge in [-0.2, -0.15) is 5.10 Å². The first-order valence-corrected chi connectivity index (χ1v) is 10.3. The lowest BCUT2D eigenvalue weighted by Crippen LogP contribution is -2.24. The molecule has 0 saturated heterocycles. The number of aromatic nitrogens is 3. The number of hydrogen-bond donors (Lipinski definition) is 1. The molecule has 4 aromatic rings. The zero-order chi connectivity index (χ0) is 22.3. The van der Waals surface area contributed by atoms with Crippen LogP contribution in [0.3, 0.4) is 0 Å². The molecule has 0 saturated carbocycles. The lowest BCUT2D eigenvalue weighted by Gasteiger charge is -2.11. The van der Waals surface area contributed by atoms with Crippen molar-refractivity contribution in [2.24, 2.45) is 0 Å². The van der Waals surface area contributed by atoms with Gasteiger partial charge in [0.15, 0.2) is 0 Å². The van der Waals surface area contributed by atoms with Crippen LogP contribution in [0.25, 0.3) is 0 Å². The minimum Gasteiger partial charge on any atom is -0.497 e. The van der Waals surface area contributed by atoms with Crippen molar-refractivity contribution in [1.82, 2.24) is 14.8 Å². The van der Waals surface area contributed by atoms with E-state index < -0.39 is 0 Å².